The smallest absolute Gasteiger partial charge is 0.331 e. The van der Waals surface area contributed by atoms with Gasteiger partial charge >= 0.3 is 5.97 Å². The molecule has 0 spiro atoms. The Morgan fingerprint density at radius 1 is 1.10 bits per heavy atom. The third kappa shape index (κ3) is 6.16. The van der Waals surface area contributed by atoms with Crippen molar-refractivity contribution in [1.29, 1.82) is 0 Å². The van der Waals surface area contributed by atoms with Crippen LogP contribution in [0.3, 0.4) is 0 Å². The van der Waals surface area contributed by atoms with E-state index in [4.69, 9.17) is 14.2 Å². The van der Waals surface area contributed by atoms with Gasteiger partial charge in [0.15, 0.2) is 12.4 Å². The lowest BCUT2D eigenvalue weighted by Gasteiger charge is -2.09. The minimum atomic E-state index is -3.74. The number of Topliss-reactive ketones (excluding diaryl/α,β-unsaturated/α-hetero) is 1. The Balaban J connectivity index is 2.00. The molecule has 2 rings (SSSR count). The molecule has 0 heterocycles. The van der Waals surface area contributed by atoms with Crippen LogP contribution in [-0.4, -0.2) is 47.5 Å². The van der Waals surface area contributed by atoms with Crippen molar-refractivity contribution < 1.29 is 32.2 Å². The molecule has 1 N–H and O–H groups in total. The van der Waals surface area contributed by atoms with Gasteiger partial charge in [0.2, 0.25) is 10.0 Å². The molecule has 160 valence electrons. The summed E-state index contributed by atoms with van der Waals surface area (Å²) in [7, 11) is -1.09. The summed E-state index contributed by atoms with van der Waals surface area (Å²) >= 11 is 0. The average molecular weight is 433 g/mol. The fourth-order valence-electron chi connectivity index (χ4n) is 2.45. The van der Waals surface area contributed by atoms with Crippen molar-refractivity contribution in [2.75, 3.05) is 27.4 Å². The maximum Gasteiger partial charge on any atom is 0.331 e. The van der Waals surface area contributed by atoms with Crippen LogP contribution in [0.4, 0.5) is 0 Å². The van der Waals surface area contributed by atoms with Crippen LogP contribution in [0.25, 0.3) is 6.08 Å². The van der Waals surface area contributed by atoms with Crippen molar-refractivity contribution in [2.24, 2.45) is 0 Å². The van der Waals surface area contributed by atoms with Crippen LogP contribution in [0.1, 0.15) is 22.8 Å². The van der Waals surface area contributed by atoms with Crippen molar-refractivity contribution in [3.05, 3.63) is 59.7 Å². The molecule has 2 aromatic carbocycles. The zero-order chi connectivity index (χ0) is 22.1. The van der Waals surface area contributed by atoms with E-state index in [1.54, 1.807) is 30.3 Å². The fourth-order valence-corrected chi connectivity index (χ4v) is 3.38. The Morgan fingerprint density at radius 3 is 2.40 bits per heavy atom. The normalized spacial score (nSPS) is 11.3. The molecule has 0 fully saturated rings. The number of hydrogen-bond donors (Lipinski definition) is 1. The molecule has 0 bridgehead atoms. The summed E-state index contributed by atoms with van der Waals surface area (Å²) in [5.41, 5.74) is 0.840. The maximum absolute atomic E-state index is 12.1. The molecule has 0 radical (unpaired) electrons. The summed E-state index contributed by atoms with van der Waals surface area (Å²) in [4.78, 5) is 24.0. The largest absolute Gasteiger partial charge is 0.495 e. The molecule has 0 unspecified atom stereocenters. The third-order valence-corrected chi connectivity index (χ3v) is 5.43. The number of hydrogen-bond acceptors (Lipinski definition) is 7. The van der Waals surface area contributed by atoms with Crippen molar-refractivity contribution in [1.82, 2.24) is 4.72 Å². The molecule has 2 aromatic rings. The molecular formula is C21H23NO7S. The van der Waals surface area contributed by atoms with Gasteiger partial charge in [-0.25, -0.2) is 17.9 Å². The van der Waals surface area contributed by atoms with E-state index >= 15 is 0 Å². The highest BCUT2D eigenvalue weighted by Crippen LogP contribution is 2.25. The summed E-state index contributed by atoms with van der Waals surface area (Å²) in [5.74, 6) is -0.270. The summed E-state index contributed by atoms with van der Waals surface area (Å²) in [5, 5.41) is 0. The number of carbonyl (C=O) groups is 2. The van der Waals surface area contributed by atoms with Gasteiger partial charge in [-0.05, 0) is 62.0 Å². The lowest BCUT2D eigenvalue weighted by atomic mass is 10.1. The lowest BCUT2D eigenvalue weighted by molar-refractivity contribution is -0.136. The fraction of sp³-hybridized carbons (Fsp3) is 0.238. The number of sulfonamides is 1. The quantitative estimate of drug-likeness (QED) is 0.348. The Kier molecular flexibility index (Phi) is 8.14. The van der Waals surface area contributed by atoms with Gasteiger partial charge in [-0.1, -0.05) is 6.07 Å². The number of rotatable bonds is 10. The molecule has 0 aliphatic heterocycles. The van der Waals surface area contributed by atoms with Crippen LogP contribution in [0.2, 0.25) is 0 Å². The first-order valence-corrected chi connectivity index (χ1v) is 10.5. The van der Waals surface area contributed by atoms with Crippen LogP contribution in [0.5, 0.6) is 11.5 Å². The predicted molar refractivity (Wildman–Crippen MR) is 111 cm³/mol. The van der Waals surface area contributed by atoms with E-state index < -0.39 is 22.6 Å². The number of methoxy groups -OCH3 is 1. The lowest BCUT2D eigenvalue weighted by Crippen LogP contribution is -2.19. The molecule has 0 amide bonds. The summed E-state index contributed by atoms with van der Waals surface area (Å²) in [6.45, 7) is 1.96. The molecule has 0 atom stereocenters. The molecule has 9 heteroatoms. The van der Waals surface area contributed by atoms with Crippen LogP contribution in [0, 0.1) is 0 Å². The van der Waals surface area contributed by atoms with Gasteiger partial charge in [-0.3, -0.25) is 4.79 Å². The van der Waals surface area contributed by atoms with Crippen molar-refractivity contribution in [3.8, 4) is 11.5 Å². The standard InChI is InChI=1S/C21H23NO7S/c1-4-28-17-9-7-16(8-10-17)18(23)14-29-21(24)12-6-15-5-11-19(27-3)20(13-15)30(25,26)22-2/h5-13,22H,4,14H2,1-3H3/b12-6+. The molecule has 0 aromatic heterocycles. The van der Waals surface area contributed by atoms with E-state index in [9.17, 15) is 18.0 Å². The average Bonchev–Trinajstić information content (AvgIpc) is 2.76. The molecule has 0 saturated heterocycles. The van der Waals surface area contributed by atoms with E-state index in [2.05, 4.69) is 4.72 Å². The molecule has 30 heavy (non-hydrogen) atoms. The number of esters is 1. The van der Waals surface area contributed by atoms with Gasteiger partial charge in [0.05, 0.1) is 13.7 Å². The van der Waals surface area contributed by atoms with Gasteiger partial charge in [-0.2, -0.15) is 0 Å². The van der Waals surface area contributed by atoms with Gasteiger partial charge in [0.1, 0.15) is 16.4 Å². The van der Waals surface area contributed by atoms with Crippen LogP contribution >= 0.6 is 0 Å². The molecule has 0 aliphatic carbocycles. The predicted octanol–water partition coefficient (Wildman–Crippen LogP) is 2.44. The zero-order valence-corrected chi connectivity index (χ0v) is 17.7. The monoisotopic (exact) mass is 433 g/mol. The van der Waals surface area contributed by atoms with E-state index in [1.165, 1.54) is 32.4 Å². The van der Waals surface area contributed by atoms with Crippen LogP contribution in [-0.2, 0) is 19.6 Å². The molecule has 8 nitrogen and oxygen atoms in total. The van der Waals surface area contributed by atoms with Gasteiger partial charge in [-0.15, -0.1) is 0 Å². The highest BCUT2D eigenvalue weighted by atomic mass is 32.2. The highest BCUT2D eigenvalue weighted by Gasteiger charge is 2.17. The number of ketones is 1. The topological polar surface area (TPSA) is 108 Å². The Bertz CT molecular complexity index is 1030. The molecule has 0 aliphatic rings. The SMILES string of the molecule is CCOc1ccc(C(=O)COC(=O)/C=C/c2ccc(OC)c(S(=O)(=O)NC)c2)cc1. The summed E-state index contributed by atoms with van der Waals surface area (Å²) in [6.07, 6.45) is 2.50. The Morgan fingerprint density at radius 2 is 1.80 bits per heavy atom. The number of carbonyl (C=O) groups excluding carboxylic acids is 2. The summed E-state index contributed by atoms with van der Waals surface area (Å²) < 4.78 is 41.7. The van der Waals surface area contributed by atoms with Crippen LogP contribution < -0.4 is 14.2 Å². The molecular weight excluding hydrogens is 410 g/mol. The first kappa shape index (κ1) is 23.1. The number of nitrogens with one attached hydrogen (secondary N) is 1. The second-order valence-corrected chi connectivity index (χ2v) is 7.79. The number of benzene rings is 2. The van der Waals surface area contributed by atoms with E-state index in [-0.39, 0.29) is 16.4 Å². The number of ether oxygens (including phenoxy) is 3. The third-order valence-electron chi connectivity index (χ3n) is 3.99. The minimum absolute atomic E-state index is 0.0614. The van der Waals surface area contributed by atoms with Crippen molar-refractivity contribution in [3.63, 3.8) is 0 Å². The Hall–Kier alpha value is -3.17. The van der Waals surface area contributed by atoms with Crippen LogP contribution in [0.15, 0.2) is 53.4 Å². The van der Waals surface area contributed by atoms with Gasteiger partial charge in [0.25, 0.3) is 0 Å². The second-order valence-electron chi connectivity index (χ2n) is 5.94. The molecule has 0 saturated carbocycles. The first-order valence-electron chi connectivity index (χ1n) is 9.03. The first-order chi connectivity index (χ1) is 14.3. The van der Waals surface area contributed by atoms with E-state index in [0.29, 0.717) is 23.5 Å². The summed E-state index contributed by atoms with van der Waals surface area (Å²) in [6, 6.07) is 10.9. The van der Waals surface area contributed by atoms with Gasteiger partial charge < -0.3 is 14.2 Å². The van der Waals surface area contributed by atoms with Crippen molar-refractivity contribution in [2.45, 2.75) is 11.8 Å². The second kappa shape index (κ2) is 10.6. The van der Waals surface area contributed by atoms with Gasteiger partial charge in [0, 0.05) is 11.6 Å². The van der Waals surface area contributed by atoms with E-state index in [0.717, 1.165) is 6.08 Å². The van der Waals surface area contributed by atoms with Crippen molar-refractivity contribution >= 4 is 27.9 Å². The highest BCUT2D eigenvalue weighted by molar-refractivity contribution is 7.89. The minimum Gasteiger partial charge on any atom is -0.495 e. The van der Waals surface area contributed by atoms with E-state index in [1.807, 2.05) is 6.92 Å². The zero-order valence-electron chi connectivity index (χ0n) is 16.9. The Labute approximate surface area is 175 Å². The maximum atomic E-state index is 12.1.